The zero-order valence-electron chi connectivity index (χ0n) is 11.1. The van der Waals surface area contributed by atoms with Gasteiger partial charge in [-0.1, -0.05) is 60.7 Å². The molecular formula is C16H20NP. The van der Waals surface area contributed by atoms with Crippen molar-refractivity contribution in [2.24, 2.45) is 4.74 Å². The lowest BCUT2D eigenvalue weighted by Gasteiger charge is -2.20. The van der Waals surface area contributed by atoms with Crippen molar-refractivity contribution in [2.75, 3.05) is 13.2 Å². The zero-order valence-corrected chi connectivity index (χ0v) is 12.0. The third kappa shape index (κ3) is 3.11. The van der Waals surface area contributed by atoms with Gasteiger partial charge in [-0.25, -0.2) is 0 Å². The lowest BCUT2D eigenvalue weighted by Crippen LogP contribution is -2.06. The third-order valence-electron chi connectivity index (χ3n) is 3.10. The predicted octanol–water partition coefficient (Wildman–Crippen LogP) is 4.36. The minimum atomic E-state index is -1.42. The van der Waals surface area contributed by atoms with Crippen molar-refractivity contribution in [1.29, 1.82) is 0 Å². The van der Waals surface area contributed by atoms with Crippen molar-refractivity contribution in [1.82, 2.24) is 0 Å². The highest BCUT2D eigenvalue weighted by atomic mass is 31.2. The number of rotatable bonds is 4. The molecule has 0 aliphatic carbocycles. The number of benzene rings is 2. The van der Waals surface area contributed by atoms with Gasteiger partial charge in [0.05, 0.1) is 0 Å². The van der Waals surface area contributed by atoms with Crippen LogP contribution in [0.2, 0.25) is 0 Å². The summed E-state index contributed by atoms with van der Waals surface area (Å²) in [6, 6.07) is 21.4. The van der Waals surface area contributed by atoms with Gasteiger partial charge in [0.1, 0.15) is 0 Å². The first kappa shape index (κ1) is 13.1. The molecule has 1 atom stereocenters. The molecule has 0 amide bonds. The molecule has 0 aliphatic rings. The molecule has 0 spiro atoms. The second kappa shape index (κ2) is 6.02. The van der Waals surface area contributed by atoms with E-state index >= 15 is 0 Å². The Morgan fingerprint density at radius 2 is 1.44 bits per heavy atom. The number of hydrogen-bond donors (Lipinski definition) is 0. The number of nitrogens with zero attached hydrogens (tertiary/aromatic N) is 1. The highest BCUT2D eigenvalue weighted by Gasteiger charge is 2.15. The summed E-state index contributed by atoms with van der Waals surface area (Å²) >= 11 is 0. The maximum atomic E-state index is 4.93. The summed E-state index contributed by atoms with van der Waals surface area (Å²) in [7, 11) is -1.42. The second-order valence-corrected chi connectivity index (χ2v) is 7.97. The lowest BCUT2D eigenvalue weighted by molar-refractivity contribution is 1.14. The second-order valence-electron chi connectivity index (χ2n) is 4.58. The highest BCUT2D eigenvalue weighted by molar-refractivity contribution is 7.72. The van der Waals surface area contributed by atoms with Crippen molar-refractivity contribution in [3.05, 3.63) is 66.2 Å². The minimum Gasteiger partial charge on any atom is -0.299 e. The molecule has 0 aliphatic heterocycles. The van der Waals surface area contributed by atoms with Crippen LogP contribution in [0.15, 0.2) is 65.4 Å². The van der Waals surface area contributed by atoms with E-state index in [2.05, 4.69) is 74.3 Å². The monoisotopic (exact) mass is 257 g/mol. The van der Waals surface area contributed by atoms with E-state index in [0.717, 1.165) is 12.7 Å². The summed E-state index contributed by atoms with van der Waals surface area (Å²) < 4.78 is 4.93. The van der Waals surface area contributed by atoms with Gasteiger partial charge < -0.3 is 0 Å². The van der Waals surface area contributed by atoms with Crippen molar-refractivity contribution >= 4 is 12.4 Å². The molecule has 94 valence electrons. The maximum absolute atomic E-state index is 4.93. The molecule has 0 bridgehead atoms. The van der Waals surface area contributed by atoms with E-state index in [4.69, 9.17) is 4.74 Å². The van der Waals surface area contributed by atoms with Crippen LogP contribution in [0.3, 0.4) is 0 Å². The molecule has 0 fully saturated rings. The van der Waals surface area contributed by atoms with Crippen LogP contribution in [0.5, 0.6) is 0 Å². The number of hydrogen-bond acceptors (Lipinski definition) is 1. The largest absolute Gasteiger partial charge is 0.299 e. The van der Waals surface area contributed by atoms with Crippen LogP contribution in [-0.4, -0.2) is 13.2 Å². The molecular weight excluding hydrogens is 237 g/mol. The summed E-state index contributed by atoms with van der Waals surface area (Å²) in [4.78, 5) is 0. The standard InChI is InChI=1S/C16H20NP/c1-3-17-18(2,16-12-8-5-9-13-16)14-15-10-6-4-7-11-15/h4-13H,3,14H2,1-2H3. The Labute approximate surface area is 110 Å². The van der Waals surface area contributed by atoms with E-state index in [1.165, 1.54) is 10.9 Å². The smallest absolute Gasteiger partial charge is 0.0349 e. The average molecular weight is 257 g/mol. The molecule has 2 aromatic rings. The summed E-state index contributed by atoms with van der Waals surface area (Å²) in [5, 5.41) is 1.40. The van der Waals surface area contributed by atoms with Crippen LogP contribution in [-0.2, 0) is 6.16 Å². The Morgan fingerprint density at radius 3 is 2.00 bits per heavy atom. The van der Waals surface area contributed by atoms with Gasteiger partial charge in [-0.3, -0.25) is 4.74 Å². The first-order chi connectivity index (χ1) is 8.74. The van der Waals surface area contributed by atoms with Gasteiger partial charge in [-0.05, 0) is 24.5 Å². The van der Waals surface area contributed by atoms with Crippen LogP contribution < -0.4 is 5.30 Å². The SMILES string of the molecule is CCN=P(C)(Cc1ccccc1)c1ccccc1. The van der Waals surface area contributed by atoms with Crippen molar-refractivity contribution in [2.45, 2.75) is 13.1 Å². The van der Waals surface area contributed by atoms with Gasteiger partial charge in [0.15, 0.2) is 0 Å². The Kier molecular flexibility index (Phi) is 4.38. The first-order valence-corrected chi connectivity index (χ1v) is 8.76. The Balaban J connectivity index is 2.37. The van der Waals surface area contributed by atoms with Crippen LogP contribution in [0.25, 0.3) is 0 Å². The van der Waals surface area contributed by atoms with Crippen LogP contribution in [0.4, 0.5) is 0 Å². The molecule has 0 N–H and O–H groups in total. The normalized spacial score (nSPS) is 13.9. The summed E-state index contributed by atoms with van der Waals surface area (Å²) in [5.74, 6) is 0. The molecule has 0 saturated heterocycles. The van der Waals surface area contributed by atoms with E-state index in [1.54, 1.807) is 0 Å². The van der Waals surface area contributed by atoms with Gasteiger partial charge >= 0.3 is 0 Å². The molecule has 0 radical (unpaired) electrons. The fraction of sp³-hybridized carbons (Fsp3) is 0.250. The quantitative estimate of drug-likeness (QED) is 0.721. The van der Waals surface area contributed by atoms with E-state index in [0.29, 0.717) is 0 Å². The molecule has 0 heterocycles. The topological polar surface area (TPSA) is 12.4 Å². The molecule has 0 saturated carbocycles. The Hall–Kier alpha value is -1.33. The van der Waals surface area contributed by atoms with Crippen LogP contribution in [0.1, 0.15) is 12.5 Å². The van der Waals surface area contributed by atoms with Gasteiger partial charge in [0.2, 0.25) is 0 Å². The van der Waals surface area contributed by atoms with E-state index in [-0.39, 0.29) is 0 Å². The van der Waals surface area contributed by atoms with E-state index in [1.807, 2.05) is 0 Å². The zero-order chi connectivity index (χ0) is 12.8. The molecule has 1 nitrogen and oxygen atoms in total. The van der Waals surface area contributed by atoms with E-state index < -0.39 is 7.05 Å². The molecule has 1 unspecified atom stereocenters. The lowest BCUT2D eigenvalue weighted by atomic mass is 10.2. The molecule has 18 heavy (non-hydrogen) atoms. The van der Waals surface area contributed by atoms with Crippen LogP contribution in [0, 0.1) is 0 Å². The Bertz CT molecular complexity index is 532. The van der Waals surface area contributed by atoms with E-state index in [9.17, 15) is 0 Å². The van der Waals surface area contributed by atoms with Crippen molar-refractivity contribution in [3.63, 3.8) is 0 Å². The Morgan fingerprint density at radius 1 is 0.889 bits per heavy atom. The summed E-state index contributed by atoms with van der Waals surface area (Å²) in [6.45, 7) is 5.36. The summed E-state index contributed by atoms with van der Waals surface area (Å²) in [6.07, 6.45) is 1.06. The predicted molar refractivity (Wildman–Crippen MR) is 82.0 cm³/mol. The third-order valence-corrected chi connectivity index (χ3v) is 6.40. The fourth-order valence-corrected chi connectivity index (χ4v) is 5.03. The average Bonchev–Trinajstić information content (AvgIpc) is 2.41. The minimum absolute atomic E-state index is 0.895. The van der Waals surface area contributed by atoms with Crippen molar-refractivity contribution < 1.29 is 0 Å². The van der Waals surface area contributed by atoms with Gasteiger partial charge in [0.25, 0.3) is 0 Å². The molecule has 2 aromatic carbocycles. The maximum Gasteiger partial charge on any atom is 0.0349 e. The highest BCUT2D eigenvalue weighted by Crippen LogP contribution is 2.47. The van der Waals surface area contributed by atoms with Crippen LogP contribution >= 0.6 is 7.05 Å². The van der Waals surface area contributed by atoms with Gasteiger partial charge in [0, 0.05) is 19.8 Å². The fourth-order valence-electron chi connectivity index (χ4n) is 2.22. The molecule has 0 aromatic heterocycles. The first-order valence-electron chi connectivity index (χ1n) is 6.39. The molecule has 2 heteroatoms. The van der Waals surface area contributed by atoms with Crippen molar-refractivity contribution in [3.8, 4) is 0 Å². The van der Waals surface area contributed by atoms with Gasteiger partial charge in [-0.15, -0.1) is 0 Å². The van der Waals surface area contributed by atoms with Gasteiger partial charge in [-0.2, -0.15) is 0 Å². The molecule has 2 rings (SSSR count). The summed E-state index contributed by atoms with van der Waals surface area (Å²) in [5.41, 5.74) is 1.38.